The van der Waals surface area contributed by atoms with Crippen molar-refractivity contribution in [1.82, 2.24) is 5.32 Å². The van der Waals surface area contributed by atoms with Gasteiger partial charge in [0.25, 0.3) is 5.91 Å². The van der Waals surface area contributed by atoms with Crippen LogP contribution in [0.25, 0.3) is 0 Å². The number of benzene rings is 1. The molecule has 0 heterocycles. The van der Waals surface area contributed by atoms with E-state index in [0.717, 1.165) is 0 Å². The number of hydrogen-bond donors (Lipinski definition) is 2. The minimum Gasteiger partial charge on any atom is -0.393 e. The highest BCUT2D eigenvalue weighted by atomic mass is 32.2. The molecule has 0 aromatic heterocycles. The van der Waals surface area contributed by atoms with E-state index in [1.165, 1.54) is 0 Å². The Morgan fingerprint density at radius 2 is 2.00 bits per heavy atom. The van der Waals surface area contributed by atoms with Crippen molar-refractivity contribution >= 4 is 16.7 Å². The van der Waals surface area contributed by atoms with E-state index in [9.17, 15) is 14.1 Å². The van der Waals surface area contributed by atoms with E-state index >= 15 is 0 Å². The normalized spacial score (nSPS) is 13.9. The number of amides is 1. The molecule has 0 aliphatic heterocycles. The molecule has 100 valence electrons. The first kappa shape index (κ1) is 14.9. The molecule has 1 aromatic rings. The van der Waals surface area contributed by atoms with Crippen LogP contribution in [0.15, 0.2) is 29.2 Å². The standard InChI is InChI=1S/C13H19NO3S/c1-3-11(15)8-9-14-13(16)10-4-6-12(7-5-10)18(2)17/h4-7,11,15H,3,8-9H2,1-2H3,(H,14,16). The summed E-state index contributed by atoms with van der Waals surface area (Å²) in [6, 6.07) is 6.68. The first-order valence-corrected chi connectivity index (χ1v) is 7.50. The summed E-state index contributed by atoms with van der Waals surface area (Å²) in [5.41, 5.74) is 0.537. The number of rotatable bonds is 6. The summed E-state index contributed by atoms with van der Waals surface area (Å²) in [5.74, 6) is -0.174. The Hall–Kier alpha value is -1.20. The molecule has 2 unspecified atom stereocenters. The van der Waals surface area contributed by atoms with Gasteiger partial charge < -0.3 is 10.4 Å². The summed E-state index contributed by atoms with van der Waals surface area (Å²) in [5, 5.41) is 12.1. The van der Waals surface area contributed by atoms with Crippen LogP contribution in [0.2, 0.25) is 0 Å². The van der Waals surface area contributed by atoms with Crippen LogP contribution in [-0.4, -0.2) is 34.1 Å². The first-order valence-electron chi connectivity index (χ1n) is 5.94. The Morgan fingerprint density at radius 3 is 2.50 bits per heavy atom. The minimum absolute atomic E-state index is 0.174. The topological polar surface area (TPSA) is 66.4 Å². The van der Waals surface area contributed by atoms with Gasteiger partial charge in [0.15, 0.2) is 0 Å². The summed E-state index contributed by atoms with van der Waals surface area (Å²) in [6.45, 7) is 2.35. The molecule has 4 nitrogen and oxygen atoms in total. The lowest BCUT2D eigenvalue weighted by molar-refractivity contribution is 0.0942. The molecule has 1 rings (SSSR count). The third kappa shape index (κ3) is 4.58. The molecule has 0 spiro atoms. The van der Waals surface area contributed by atoms with Crippen LogP contribution < -0.4 is 5.32 Å². The van der Waals surface area contributed by atoms with Crippen LogP contribution in [-0.2, 0) is 10.8 Å². The zero-order valence-electron chi connectivity index (χ0n) is 10.7. The van der Waals surface area contributed by atoms with Gasteiger partial charge in [-0.1, -0.05) is 6.92 Å². The van der Waals surface area contributed by atoms with Crippen LogP contribution in [0, 0.1) is 0 Å². The number of aliphatic hydroxyl groups is 1. The van der Waals surface area contributed by atoms with E-state index in [1.54, 1.807) is 30.5 Å². The van der Waals surface area contributed by atoms with Crippen molar-refractivity contribution in [2.24, 2.45) is 0 Å². The van der Waals surface area contributed by atoms with Gasteiger partial charge in [-0.3, -0.25) is 9.00 Å². The summed E-state index contributed by atoms with van der Waals surface area (Å²) in [7, 11) is -1.03. The maximum Gasteiger partial charge on any atom is 0.251 e. The van der Waals surface area contributed by atoms with Gasteiger partial charge >= 0.3 is 0 Å². The average molecular weight is 269 g/mol. The van der Waals surface area contributed by atoms with Crippen LogP contribution in [0.4, 0.5) is 0 Å². The molecule has 0 fully saturated rings. The Balaban J connectivity index is 2.49. The Morgan fingerprint density at radius 1 is 1.39 bits per heavy atom. The molecule has 0 aliphatic carbocycles. The van der Waals surface area contributed by atoms with Crippen molar-refractivity contribution in [1.29, 1.82) is 0 Å². The lowest BCUT2D eigenvalue weighted by Crippen LogP contribution is -2.26. The smallest absolute Gasteiger partial charge is 0.251 e. The van der Waals surface area contributed by atoms with Crippen LogP contribution in [0.1, 0.15) is 30.1 Å². The summed E-state index contributed by atoms with van der Waals surface area (Å²) in [6.07, 6.45) is 2.48. The summed E-state index contributed by atoms with van der Waals surface area (Å²) < 4.78 is 11.2. The second-order valence-electron chi connectivity index (χ2n) is 4.09. The van der Waals surface area contributed by atoms with E-state index < -0.39 is 10.8 Å². The fourth-order valence-electron chi connectivity index (χ4n) is 1.46. The van der Waals surface area contributed by atoms with E-state index in [-0.39, 0.29) is 12.0 Å². The minimum atomic E-state index is -1.03. The highest BCUT2D eigenvalue weighted by Crippen LogP contribution is 2.07. The summed E-state index contributed by atoms with van der Waals surface area (Å²) >= 11 is 0. The second kappa shape index (κ2) is 7.28. The largest absolute Gasteiger partial charge is 0.393 e. The van der Waals surface area contributed by atoms with Gasteiger partial charge in [0.1, 0.15) is 0 Å². The number of hydrogen-bond acceptors (Lipinski definition) is 3. The fourth-order valence-corrected chi connectivity index (χ4v) is 1.98. The molecule has 18 heavy (non-hydrogen) atoms. The van der Waals surface area contributed by atoms with E-state index in [4.69, 9.17) is 0 Å². The second-order valence-corrected chi connectivity index (χ2v) is 5.46. The Kier molecular flexibility index (Phi) is 6.01. The van der Waals surface area contributed by atoms with E-state index in [1.807, 2.05) is 6.92 Å². The lowest BCUT2D eigenvalue weighted by atomic mass is 10.2. The van der Waals surface area contributed by atoms with Gasteiger partial charge in [-0.25, -0.2) is 0 Å². The van der Waals surface area contributed by atoms with Gasteiger partial charge in [-0.05, 0) is 37.1 Å². The molecule has 0 saturated carbocycles. The Labute approximate surface area is 110 Å². The number of carbonyl (C=O) groups is 1. The quantitative estimate of drug-likeness (QED) is 0.818. The SMILES string of the molecule is CCC(O)CCNC(=O)c1ccc(S(C)=O)cc1. The van der Waals surface area contributed by atoms with Crippen LogP contribution >= 0.6 is 0 Å². The molecule has 1 amide bonds. The Bertz CT molecular complexity index is 417. The molecule has 1 aromatic carbocycles. The van der Waals surface area contributed by atoms with Crippen molar-refractivity contribution in [3.05, 3.63) is 29.8 Å². The molecule has 2 atom stereocenters. The predicted octanol–water partition coefficient (Wildman–Crippen LogP) is 1.31. The molecule has 0 saturated heterocycles. The highest BCUT2D eigenvalue weighted by Gasteiger charge is 2.07. The number of aliphatic hydroxyl groups excluding tert-OH is 1. The monoisotopic (exact) mass is 269 g/mol. The van der Waals surface area contributed by atoms with Crippen molar-refractivity contribution in [3.8, 4) is 0 Å². The van der Waals surface area contributed by atoms with Gasteiger partial charge in [-0.2, -0.15) is 0 Å². The van der Waals surface area contributed by atoms with Gasteiger partial charge in [-0.15, -0.1) is 0 Å². The van der Waals surface area contributed by atoms with Crippen LogP contribution in [0.3, 0.4) is 0 Å². The lowest BCUT2D eigenvalue weighted by Gasteiger charge is -2.09. The molecule has 2 N–H and O–H groups in total. The average Bonchev–Trinajstić information content (AvgIpc) is 2.38. The van der Waals surface area contributed by atoms with Crippen molar-refractivity contribution in [2.45, 2.75) is 30.8 Å². The number of nitrogens with one attached hydrogen (secondary N) is 1. The zero-order chi connectivity index (χ0) is 13.5. The third-order valence-electron chi connectivity index (χ3n) is 2.68. The highest BCUT2D eigenvalue weighted by molar-refractivity contribution is 7.84. The van der Waals surface area contributed by atoms with Crippen molar-refractivity contribution < 1.29 is 14.1 Å². The molecule has 0 aliphatic rings. The van der Waals surface area contributed by atoms with E-state index in [0.29, 0.717) is 29.8 Å². The van der Waals surface area contributed by atoms with Crippen molar-refractivity contribution in [2.75, 3.05) is 12.8 Å². The molecule has 5 heteroatoms. The predicted molar refractivity (Wildman–Crippen MR) is 72.0 cm³/mol. The molecule has 0 bridgehead atoms. The molecule has 0 radical (unpaired) electrons. The maximum absolute atomic E-state index is 11.7. The van der Waals surface area contributed by atoms with Crippen LogP contribution in [0.5, 0.6) is 0 Å². The summed E-state index contributed by atoms with van der Waals surface area (Å²) in [4.78, 5) is 12.4. The van der Waals surface area contributed by atoms with E-state index in [2.05, 4.69) is 5.32 Å². The maximum atomic E-state index is 11.7. The fraction of sp³-hybridized carbons (Fsp3) is 0.462. The van der Waals surface area contributed by atoms with Gasteiger partial charge in [0.2, 0.25) is 0 Å². The first-order chi connectivity index (χ1) is 8.54. The number of carbonyl (C=O) groups excluding carboxylic acids is 1. The zero-order valence-corrected chi connectivity index (χ0v) is 11.5. The third-order valence-corrected chi connectivity index (χ3v) is 3.62. The van der Waals surface area contributed by atoms with Gasteiger partial charge in [0, 0.05) is 34.1 Å². The molecular weight excluding hydrogens is 250 g/mol. The van der Waals surface area contributed by atoms with Crippen molar-refractivity contribution in [3.63, 3.8) is 0 Å². The molecular formula is C13H19NO3S. The van der Waals surface area contributed by atoms with Gasteiger partial charge in [0.05, 0.1) is 6.10 Å².